The smallest absolute Gasteiger partial charge is 0.321 e. The molecule has 96 valence electrons. The highest BCUT2D eigenvalue weighted by Crippen LogP contribution is 2.48. The van der Waals surface area contributed by atoms with Gasteiger partial charge in [-0.25, -0.2) is 0 Å². The quantitative estimate of drug-likeness (QED) is 0.836. The molecule has 2 aliphatic carbocycles. The molecule has 0 aromatic carbocycles. The van der Waals surface area contributed by atoms with E-state index >= 15 is 0 Å². The molecule has 4 unspecified atom stereocenters. The van der Waals surface area contributed by atoms with E-state index in [4.69, 9.17) is 0 Å². The summed E-state index contributed by atoms with van der Waals surface area (Å²) in [7, 11) is 0. The van der Waals surface area contributed by atoms with Crippen LogP contribution in [0.4, 0.5) is 0 Å². The number of thioether (sulfide) groups is 1. The van der Waals surface area contributed by atoms with Crippen molar-refractivity contribution in [1.29, 1.82) is 0 Å². The van der Waals surface area contributed by atoms with Crippen molar-refractivity contribution in [2.45, 2.75) is 31.7 Å². The number of aliphatic carboxylic acids is 1. The summed E-state index contributed by atoms with van der Waals surface area (Å²) in [4.78, 5) is 13.5. The zero-order valence-electron chi connectivity index (χ0n) is 10.2. The lowest BCUT2D eigenvalue weighted by atomic mass is 9.88. The van der Waals surface area contributed by atoms with Crippen molar-refractivity contribution in [3.8, 4) is 0 Å². The highest BCUT2D eigenvalue weighted by Gasteiger charge is 2.41. The van der Waals surface area contributed by atoms with Crippen LogP contribution in [0.3, 0.4) is 0 Å². The Hall–Kier alpha value is -0.220. The molecule has 1 aliphatic heterocycles. The van der Waals surface area contributed by atoms with Gasteiger partial charge in [0.2, 0.25) is 0 Å². The zero-order valence-corrected chi connectivity index (χ0v) is 11.0. The van der Waals surface area contributed by atoms with Crippen LogP contribution in [0.25, 0.3) is 0 Å². The van der Waals surface area contributed by atoms with Gasteiger partial charge in [-0.15, -0.1) is 0 Å². The minimum atomic E-state index is -0.625. The summed E-state index contributed by atoms with van der Waals surface area (Å²) in [5.74, 6) is 3.91. The normalized spacial score (nSPS) is 41.9. The van der Waals surface area contributed by atoms with Gasteiger partial charge in [0.05, 0.1) is 0 Å². The van der Waals surface area contributed by atoms with Crippen LogP contribution >= 0.6 is 11.8 Å². The summed E-state index contributed by atoms with van der Waals surface area (Å²) >= 11 is 1.79. The highest BCUT2D eigenvalue weighted by atomic mass is 32.2. The summed E-state index contributed by atoms with van der Waals surface area (Å²) in [5, 5.41) is 9.26. The third kappa shape index (κ3) is 2.34. The Labute approximate surface area is 107 Å². The molecule has 17 heavy (non-hydrogen) atoms. The standard InChI is InChI=1S/C13H21NO2S/c15-13(16)12-8-17-4-3-14(12)7-11-6-9-1-2-10(11)5-9/h9-12H,1-8H2,(H,15,16). The molecule has 0 spiro atoms. The van der Waals surface area contributed by atoms with Crippen LogP contribution in [0.2, 0.25) is 0 Å². The van der Waals surface area contributed by atoms with E-state index in [0.717, 1.165) is 42.3 Å². The van der Waals surface area contributed by atoms with Gasteiger partial charge in [0, 0.05) is 24.6 Å². The highest BCUT2D eigenvalue weighted by molar-refractivity contribution is 7.99. The molecule has 4 atom stereocenters. The fraction of sp³-hybridized carbons (Fsp3) is 0.923. The average Bonchev–Trinajstić information content (AvgIpc) is 2.91. The molecule has 1 saturated heterocycles. The molecule has 0 radical (unpaired) electrons. The average molecular weight is 255 g/mol. The summed E-state index contributed by atoms with van der Waals surface area (Å²) in [6.45, 7) is 2.01. The molecule has 3 aliphatic rings. The molecular weight excluding hydrogens is 234 g/mol. The zero-order chi connectivity index (χ0) is 11.8. The van der Waals surface area contributed by atoms with E-state index in [0.29, 0.717) is 0 Å². The fourth-order valence-corrected chi connectivity index (χ4v) is 5.09. The molecule has 4 heteroatoms. The van der Waals surface area contributed by atoms with E-state index < -0.39 is 5.97 Å². The van der Waals surface area contributed by atoms with E-state index in [1.807, 2.05) is 0 Å². The van der Waals surface area contributed by atoms with Crippen molar-refractivity contribution in [3.63, 3.8) is 0 Å². The Balaban J connectivity index is 1.61. The summed E-state index contributed by atoms with van der Waals surface area (Å²) < 4.78 is 0. The van der Waals surface area contributed by atoms with Crippen LogP contribution in [-0.4, -0.2) is 46.6 Å². The topological polar surface area (TPSA) is 40.5 Å². The van der Waals surface area contributed by atoms with E-state index in [2.05, 4.69) is 4.90 Å². The van der Waals surface area contributed by atoms with Gasteiger partial charge < -0.3 is 5.11 Å². The second-order valence-corrected chi connectivity index (χ2v) is 7.01. The van der Waals surface area contributed by atoms with E-state index in [1.54, 1.807) is 11.8 Å². The Morgan fingerprint density at radius 3 is 2.88 bits per heavy atom. The van der Waals surface area contributed by atoms with Gasteiger partial charge in [-0.3, -0.25) is 9.69 Å². The molecule has 3 nitrogen and oxygen atoms in total. The van der Waals surface area contributed by atoms with Gasteiger partial charge in [-0.1, -0.05) is 6.42 Å². The molecular formula is C13H21NO2S. The van der Waals surface area contributed by atoms with Crippen molar-refractivity contribution in [1.82, 2.24) is 4.90 Å². The minimum absolute atomic E-state index is 0.229. The maximum Gasteiger partial charge on any atom is 0.321 e. The third-order valence-electron chi connectivity index (χ3n) is 4.88. The monoisotopic (exact) mass is 255 g/mol. The largest absolute Gasteiger partial charge is 0.480 e. The van der Waals surface area contributed by atoms with Gasteiger partial charge >= 0.3 is 5.97 Å². The first-order valence-corrected chi connectivity index (χ1v) is 7.94. The predicted molar refractivity (Wildman–Crippen MR) is 69.3 cm³/mol. The molecule has 3 rings (SSSR count). The first-order chi connectivity index (χ1) is 8.24. The van der Waals surface area contributed by atoms with Crippen LogP contribution < -0.4 is 0 Å². The lowest BCUT2D eigenvalue weighted by molar-refractivity contribution is -0.142. The number of rotatable bonds is 3. The molecule has 2 saturated carbocycles. The lowest BCUT2D eigenvalue weighted by Gasteiger charge is -2.36. The molecule has 0 amide bonds. The minimum Gasteiger partial charge on any atom is -0.480 e. The van der Waals surface area contributed by atoms with E-state index in [1.165, 1.54) is 25.7 Å². The van der Waals surface area contributed by atoms with Gasteiger partial charge in [0.25, 0.3) is 0 Å². The first-order valence-electron chi connectivity index (χ1n) is 6.78. The Morgan fingerprint density at radius 2 is 2.24 bits per heavy atom. The van der Waals surface area contributed by atoms with E-state index in [9.17, 15) is 9.90 Å². The number of carboxylic acid groups (broad SMARTS) is 1. The van der Waals surface area contributed by atoms with Gasteiger partial charge in [0.15, 0.2) is 0 Å². The van der Waals surface area contributed by atoms with Crippen molar-refractivity contribution < 1.29 is 9.90 Å². The predicted octanol–water partition coefficient (Wildman–Crippen LogP) is 1.92. The second kappa shape index (κ2) is 4.81. The summed E-state index contributed by atoms with van der Waals surface area (Å²) in [5.41, 5.74) is 0. The van der Waals surface area contributed by atoms with Crippen molar-refractivity contribution in [2.75, 3.05) is 24.6 Å². The number of hydrogen-bond donors (Lipinski definition) is 1. The molecule has 0 aromatic rings. The van der Waals surface area contributed by atoms with Crippen molar-refractivity contribution in [3.05, 3.63) is 0 Å². The number of nitrogens with zero attached hydrogens (tertiary/aromatic N) is 1. The van der Waals surface area contributed by atoms with Crippen molar-refractivity contribution >= 4 is 17.7 Å². The van der Waals surface area contributed by atoms with Crippen LogP contribution in [0, 0.1) is 17.8 Å². The summed E-state index contributed by atoms with van der Waals surface area (Å²) in [6.07, 6.45) is 5.61. The Kier molecular flexibility index (Phi) is 3.35. The number of fused-ring (bicyclic) bond motifs is 2. The molecule has 3 fully saturated rings. The van der Waals surface area contributed by atoms with Crippen molar-refractivity contribution in [2.24, 2.45) is 17.8 Å². The Bertz CT molecular complexity index is 310. The maximum absolute atomic E-state index is 11.2. The van der Waals surface area contributed by atoms with Gasteiger partial charge in [0.1, 0.15) is 6.04 Å². The molecule has 1 N–H and O–H groups in total. The van der Waals surface area contributed by atoms with Crippen LogP contribution in [0.1, 0.15) is 25.7 Å². The van der Waals surface area contributed by atoms with Crippen LogP contribution in [0.15, 0.2) is 0 Å². The molecule has 1 heterocycles. The molecule has 2 bridgehead atoms. The van der Waals surface area contributed by atoms with Gasteiger partial charge in [-0.05, 0) is 37.0 Å². The second-order valence-electron chi connectivity index (χ2n) is 5.86. The molecule has 0 aromatic heterocycles. The van der Waals surface area contributed by atoms with Crippen LogP contribution in [-0.2, 0) is 4.79 Å². The van der Waals surface area contributed by atoms with Crippen LogP contribution in [0.5, 0.6) is 0 Å². The SMILES string of the molecule is O=C(O)C1CSCCN1CC1CC2CCC1C2. The van der Waals surface area contributed by atoms with E-state index in [-0.39, 0.29) is 6.04 Å². The lowest BCUT2D eigenvalue weighted by Crippen LogP contribution is -2.49. The fourth-order valence-electron chi connectivity index (χ4n) is 3.99. The first kappa shape index (κ1) is 11.8. The third-order valence-corrected chi connectivity index (χ3v) is 5.90. The number of carboxylic acids is 1. The van der Waals surface area contributed by atoms with Gasteiger partial charge in [-0.2, -0.15) is 11.8 Å². The number of hydrogen-bond acceptors (Lipinski definition) is 3. The summed E-state index contributed by atoms with van der Waals surface area (Å²) in [6, 6.07) is -0.229. The Morgan fingerprint density at radius 1 is 1.35 bits per heavy atom. The maximum atomic E-state index is 11.2. The number of carbonyl (C=O) groups is 1.